The van der Waals surface area contributed by atoms with Crippen LogP contribution in [-0.4, -0.2) is 51.3 Å². The van der Waals surface area contributed by atoms with Gasteiger partial charge in [-0.05, 0) is 37.2 Å². The van der Waals surface area contributed by atoms with Crippen LogP contribution in [0.1, 0.15) is 18.9 Å². The topological polar surface area (TPSA) is 73.2 Å². The van der Waals surface area contributed by atoms with Gasteiger partial charge in [0, 0.05) is 25.7 Å². The molecule has 1 aliphatic rings. The van der Waals surface area contributed by atoms with E-state index in [1.165, 1.54) is 12.1 Å². The molecule has 21 heavy (non-hydrogen) atoms. The predicted octanol–water partition coefficient (Wildman–Crippen LogP) is 1.02. The summed E-state index contributed by atoms with van der Waals surface area (Å²) in [4.78, 5) is 2.54. The molecule has 1 saturated heterocycles. The van der Waals surface area contributed by atoms with Crippen LogP contribution in [0.3, 0.4) is 0 Å². The van der Waals surface area contributed by atoms with Crippen molar-refractivity contribution in [1.29, 1.82) is 5.26 Å². The number of nitrogens with one attached hydrogen (secondary N) is 1. The van der Waals surface area contributed by atoms with Gasteiger partial charge in [0.25, 0.3) is 0 Å². The maximum absolute atomic E-state index is 12.3. The number of benzene rings is 1. The highest BCUT2D eigenvalue weighted by Crippen LogP contribution is 2.14. The molecule has 0 bridgehead atoms. The van der Waals surface area contributed by atoms with Gasteiger partial charge in [0.2, 0.25) is 0 Å². The van der Waals surface area contributed by atoms with Crippen LogP contribution in [0.25, 0.3) is 0 Å². The van der Waals surface area contributed by atoms with Crippen LogP contribution >= 0.6 is 0 Å². The molecule has 1 fully saturated rings. The van der Waals surface area contributed by atoms with Crippen LogP contribution in [0.2, 0.25) is 0 Å². The lowest BCUT2D eigenvalue weighted by Gasteiger charge is -2.38. The summed E-state index contributed by atoms with van der Waals surface area (Å²) in [6, 6.07) is 8.58. The number of nitrogens with zero attached hydrogens (tertiary/aromatic N) is 2. The van der Waals surface area contributed by atoms with Crippen molar-refractivity contribution in [2.75, 3.05) is 31.9 Å². The summed E-state index contributed by atoms with van der Waals surface area (Å²) in [5.74, 6) is 0.120. The average molecular weight is 307 g/mol. The third-order valence-electron chi connectivity index (χ3n) is 3.78. The van der Waals surface area contributed by atoms with Crippen LogP contribution in [-0.2, 0) is 9.84 Å². The minimum absolute atomic E-state index is 0.120. The molecule has 0 amide bonds. The molecule has 1 heterocycles. The fourth-order valence-electron chi connectivity index (χ4n) is 2.39. The molecule has 1 aliphatic heterocycles. The Labute approximate surface area is 126 Å². The molecule has 0 saturated carbocycles. The molecule has 1 aromatic rings. The van der Waals surface area contributed by atoms with Crippen molar-refractivity contribution in [3.05, 3.63) is 29.8 Å². The van der Waals surface area contributed by atoms with E-state index in [0.717, 1.165) is 26.1 Å². The Hall–Kier alpha value is -1.42. The first-order valence-electron chi connectivity index (χ1n) is 7.24. The summed E-state index contributed by atoms with van der Waals surface area (Å²) in [6.07, 6.45) is 1.02. The smallest absolute Gasteiger partial charge is 0.179 e. The molecule has 0 spiro atoms. The summed E-state index contributed by atoms with van der Waals surface area (Å²) in [5.41, 5.74) is 0.474. The SMILES string of the molecule is CCCN(CCS(=O)(=O)c1ccc(C#N)cc1)C1CNC1. The fourth-order valence-corrected chi connectivity index (χ4v) is 3.65. The third kappa shape index (κ3) is 4.03. The molecule has 0 aromatic heterocycles. The van der Waals surface area contributed by atoms with Crippen LogP contribution < -0.4 is 5.32 Å². The van der Waals surface area contributed by atoms with Gasteiger partial charge in [-0.25, -0.2) is 8.42 Å². The number of sulfone groups is 1. The second kappa shape index (κ2) is 7.03. The molecular formula is C15H21N3O2S. The first-order chi connectivity index (χ1) is 10.1. The van der Waals surface area contributed by atoms with E-state index in [1.807, 2.05) is 6.07 Å². The van der Waals surface area contributed by atoms with Crippen molar-refractivity contribution in [2.24, 2.45) is 0 Å². The molecule has 2 rings (SSSR count). The monoisotopic (exact) mass is 307 g/mol. The summed E-state index contributed by atoms with van der Waals surface area (Å²) < 4.78 is 24.7. The largest absolute Gasteiger partial charge is 0.314 e. The van der Waals surface area contributed by atoms with Crippen molar-refractivity contribution in [3.8, 4) is 6.07 Å². The van der Waals surface area contributed by atoms with Crippen LogP contribution in [0.4, 0.5) is 0 Å². The van der Waals surface area contributed by atoms with Crippen LogP contribution in [0.5, 0.6) is 0 Å². The van der Waals surface area contributed by atoms with E-state index in [1.54, 1.807) is 12.1 Å². The van der Waals surface area contributed by atoms with Gasteiger partial charge >= 0.3 is 0 Å². The Morgan fingerprint density at radius 2 is 1.95 bits per heavy atom. The highest BCUT2D eigenvalue weighted by molar-refractivity contribution is 7.91. The van der Waals surface area contributed by atoms with Gasteiger partial charge in [-0.15, -0.1) is 0 Å². The van der Waals surface area contributed by atoms with Crippen molar-refractivity contribution in [1.82, 2.24) is 10.2 Å². The lowest BCUT2D eigenvalue weighted by Crippen LogP contribution is -2.58. The number of hydrogen-bond donors (Lipinski definition) is 1. The minimum Gasteiger partial charge on any atom is -0.314 e. The Morgan fingerprint density at radius 1 is 1.29 bits per heavy atom. The van der Waals surface area contributed by atoms with Gasteiger partial charge in [0.1, 0.15) is 0 Å². The molecule has 1 aromatic carbocycles. The zero-order valence-electron chi connectivity index (χ0n) is 12.2. The quantitative estimate of drug-likeness (QED) is 0.814. The second-order valence-electron chi connectivity index (χ2n) is 5.30. The van der Waals surface area contributed by atoms with Gasteiger partial charge in [-0.3, -0.25) is 4.90 Å². The van der Waals surface area contributed by atoms with Crippen molar-refractivity contribution in [3.63, 3.8) is 0 Å². The van der Waals surface area contributed by atoms with E-state index in [9.17, 15) is 8.42 Å². The van der Waals surface area contributed by atoms with E-state index in [2.05, 4.69) is 17.1 Å². The van der Waals surface area contributed by atoms with E-state index >= 15 is 0 Å². The minimum atomic E-state index is -3.29. The zero-order valence-corrected chi connectivity index (χ0v) is 13.1. The molecule has 0 unspecified atom stereocenters. The van der Waals surface area contributed by atoms with Crippen LogP contribution in [0.15, 0.2) is 29.2 Å². The third-order valence-corrected chi connectivity index (χ3v) is 5.49. The summed E-state index contributed by atoms with van der Waals surface area (Å²) in [7, 11) is -3.29. The van der Waals surface area contributed by atoms with Gasteiger partial charge in [0.05, 0.1) is 22.3 Å². The van der Waals surface area contributed by atoms with Gasteiger partial charge in [-0.1, -0.05) is 6.92 Å². The zero-order chi connectivity index (χ0) is 15.3. The maximum Gasteiger partial charge on any atom is 0.179 e. The molecule has 0 radical (unpaired) electrons. The Kier molecular flexibility index (Phi) is 5.34. The molecule has 1 N–H and O–H groups in total. The van der Waals surface area contributed by atoms with E-state index in [4.69, 9.17) is 5.26 Å². The Balaban J connectivity index is 2.00. The lowest BCUT2D eigenvalue weighted by molar-refractivity contribution is 0.154. The van der Waals surface area contributed by atoms with Crippen molar-refractivity contribution in [2.45, 2.75) is 24.3 Å². The molecular weight excluding hydrogens is 286 g/mol. The number of hydrogen-bond acceptors (Lipinski definition) is 5. The lowest BCUT2D eigenvalue weighted by atomic mass is 10.1. The van der Waals surface area contributed by atoms with Gasteiger partial charge in [-0.2, -0.15) is 5.26 Å². The van der Waals surface area contributed by atoms with E-state index < -0.39 is 9.84 Å². The summed E-state index contributed by atoms with van der Waals surface area (Å²) in [6.45, 7) is 5.47. The summed E-state index contributed by atoms with van der Waals surface area (Å²) >= 11 is 0. The Morgan fingerprint density at radius 3 is 2.43 bits per heavy atom. The first-order valence-corrected chi connectivity index (χ1v) is 8.89. The first kappa shape index (κ1) is 16.0. The van der Waals surface area contributed by atoms with E-state index in [-0.39, 0.29) is 5.75 Å². The predicted molar refractivity (Wildman–Crippen MR) is 81.7 cm³/mol. The average Bonchev–Trinajstić information content (AvgIpc) is 2.43. The number of nitriles is 1. The number of rotatable bonds is 7. The van der Waals surface area contributed by atoms with Gasteiger partial charge in [0.15, 0.2) is 9.84 Å². The van der Waals surface area contributed by atoms with E-state index in [0.29, 0.717) is 23.0 Å². The highest BCUT2D eigenvalue weighted by Gasteiger charge is 2.25. The normalized spacial score (nSPS) is 15.7. The molecule has 0 aliphatic carbocycles. The fraction of sp³-hybridized carbons (Fsp3) is 0.533. The highest BCUT2D eigenvalue weighted by atomic mass is 32.2. The standard InChI is InChI=1S/C15H21N3O2S/c1-2-7-18(14-11-17-12-14)8-9-21(19,20)15-5-3-13(10-16)4-6-15/h3-6,14,17H,2,7-9,11-12H2,1H3. The Bertz CT molecular complexity index is 601. The van der Waals surface area contributed by atoms with Crippen LogP contribution in [0, 0.1) is 11.3 Å². The maximum atomic E-state index is 12.3. The summed E-state index contributed by atoms with van der Waals surface area (Å²) in [5, 5.41) is 12.0. The molecule has 114 valence electrons. The van der Waals surface area contributed by atoms with Crippen molar-refractivity contribution >= 4 is 9.84 Å². The molecule has 0 atom stereocenters. The van der Waals surface area contributed by atoms with Crippen molar-refractivity contribution < 1.29 is 8.42 Å². The second-order valence-corrected chi connectivity index (χ2v) is 7.41. The van der Waals surface area contributed by atoms with Gasteiger partial charge < -0.3 is 5.32 Å². The molecule has 5 nitrogen and oxygen atoms in total. The molecule has 6 heteroatoms.